The van der Waals surface area contributed by atoms with E-state index in [2.05, 4.69) is 9.98 Å². The van der Waals surface area contributed by atoms with Crippen molar-refractivity contribution in [2.24, 2.45) is 16.6 Å². The lowest BCUT2D eigenvalue weighted by atomic mass is 9.85. The van der Waals surface area contributed by atoms with Gasteiger partial charge >= 0.3 is 0 Å². The Bertz CT molecular complexity index is 966. The Morgan fingerprint density at radius 1 is 1.41 bits per heavy atom. The topological polar surface area (TPSA) is 68.3 Å². The van der Waals surface area contributed by atoms with Crippen LogP contribution in [0.4, 0.5) is 8.78 Å². The second kappa shape index (κ2) is 6.56. The summed E-state index contributed by atoms with van der Waals surface area (Å²) in [5.74, 6) is -2.13. The van der Waals surface area contributed by atoms with Gasteiger partial charge in [0.25, 0.3) is 0 Å². The van der Waals surface area contributed by atoms with Gasteiger partial charge in [-0.3, -0.25) is 14.8 Å². The van der Waals surface area contributed by atoms with E-state index in [-0.39, 0.29) is 34.6 Å². The van der Waals surface area contributed by atoms with E-state index in [0.29, 0.717) is 15.8 Å². The number of carbonyl (C=O) groups is 1. The van der Waals surface area contributed by atoms with E-state index in [1.807, 2.05) is 0 Å². The smallest absolute Gasteiger partial charge is 0.185 e. The molecule has 0 amide bonds. The zero-order valence-electron chi connectivity index (χ0n) is 14.4. The van der Waals surface area contributed by atoms with Crippen LogP contribution >= 0.6 is 23.4 Å². The number of benzene rings is 1. The Balaban J connectivity index is 1.69. The molecule has 2 aliphatic rings. The number of carbonyl (C=O) groups excluding carboxylic acids is 1. The number of aromatic nitrogens is 1. The SMILES string of the molecule is C[C@]1(c2cc(CC(=O)c3ccc(Cl)cn3)cc(F)c2F)N=C(N)S[C@H]2C[C@H]21. The van der Waals surface area contributed by atoms with Crippen molar-refractivity contribution in [3.63, 3.8) is 0 Å². The highest BCUT2D eigenvalue weighted by atomic mass is 35.5. The average molecular weight is 408 g/mol. The number of halogens is 3. The zero-order chi connectivity index (χ0) is 19.3. The number of fused-ring (bicyclic) bond motifs is 1. The van der Waals surface area contributed by atoms with Crippen LogP contribution in [0.15, 0.2) is 35.5 Å². The molecule has 1 fully saturated rings. The van der Waals surface area contributed by atoms with Gasteiger partial charge in [-0.25, -0.2) is 8.78 Å². The molecule has 140 valence electrons. The quantitative estimate of drug-likeness (QED) is 0.774. The molecule has 0 unspecified atom stereocenters. The first-order valence-corrected chi connectivity index (χ1v) is 9.69. The summed E-state index contributed by atoms with van der Waals surface area (Å²) in [5.41, 5.74) is 5.69. The molecule has 1 aliphatic carbocycles. The maximum Gasteiger partial charge on any atom is 0.185 e. The molecule has 1 aromatic carbocycles. The number of aliphatic imine (C=N–C) groups is 1. The molecule has 1 saturated carbocycles. The molecule has 8 heteroatoms. The first-order valence-electron chi connectivity index (χ1n) is 8.43. The van der Waals surface area contributed by atoms with Crippen LogP contribution in [0.25, 0.3) is 0 Å². The molecule has 0 bridgehead atoms. The summed E-state index contributed by atoms with van der Waals surface area (Å²) >= 11 is 7.25. The monoisotopic (exact) mass is 407 g/mol. The standard InChI is InChI=1S/C19H16ClF2N3OS/c1-19(11-7-16(11)27-18(23)25-19)12-4-9(5-13(21)17(12)22)6-15(26)14-3-2-10(20)8-24-14/h2-5,8,11,16H,6-7H2,1H3,(H2,23,25)/t11-,16+,19+/m1/s1. The lowest BCUT2D eigenvalue weighted by molar-refractivity contribution is 0.0988. The minimum Gasteiger partial charge on any atom is -0.379 e. The Morgan fingerprint density at radius 3 is 2.89 bits per heavy atom. The highest BCUT2D eigenvalue weighted by Gasteiger charge is 2.55. The molecule has 0 spiro atoms. The van der Waals surface area contributed by atoms with Gasteiger partial charge in [-0.15, -0.1) is 0 Å². The first-order chi connectivity index (χ1) is 12.8. The number of hydrogen-bond donors (Lipinski definition) is 1. The second-order valence-corrected chi connectivity index (χ2v) is 8.69. The van der Waals surface area contributed by atoms with Crippen LogP contribution < -0.4 is 5.73 Å². The molecule has 2 heterocycles. The lowest BCUT2D eigenvalue weighted by Crippen LogP contribution is -2.32. The molecule has 27 heavy (non-hydrogen) atoms. The van der Waals surface area contributed by atoms with Crippen molar-refractivity contribution < 1.29 is 13.6 Å². The van der Waals surface area contributed by atoms with Gasteiger partial charge in [0.2, 0.25) is 0 Å². The number of amidine groups is 1. The van der Waals surface area contributed by atoms with Crippen LogP contribution in [0.5, 0.6) is 0 Å². The number of thioether (sulfide) groups is 1. The third-order valence-electron chi connectivity index (χ3n) is 5.08. The van der Waals surface area contributed by atoms with Crippen LogP contribution in [-0.4, -0.2) is 21.2 Å². The van der Waals surface area contributed by atoms with E-state index in [1.165, 1.54) is 30.1 Å². The van der Waals surface area contributed by atoms with Crippen molar-refractivity contribution in [2.45, 2.75) is 30.6 Å². The van der Waals surface area contributed by atoms with Gasteiger partial charge in [0, 0.05) is 29.3 Å². The number of nitrogens with two attached hydrogens (primary N) is 1. The fraction of sp³-hybridized carbons (Fsp3) is 0.316. The fourth-order valence-corrected chi connectivity index (χ4v) is 4.98. The van der Waals surface area contributed by atoms with Crippen LogP contribution in [0.2, 0.25) is 5.02 Å². The van der Waals surface area contributed by atoms with Crippen molar-refractivity contribution >= 4 is 34.3 Å². The molecule has 2 N–H and O–H groups in total. The van der Waals surface area contributed by atoms with Crippen LogP contribution in [0, 0.1) is 17.6 Å². The van der Waals surface area contributed by atoms with Crippen molar-refractivity contribution in [3.8, 4) is 0 Å². The second-order valence-electron chi connectivity index (χ2n) is 7.00. The predicted octanol–water partition coefficient (Wildman–Crippen LogP) is 4.10. The van der Waals surface area contributed by atoms with E-state index in [1.54, 1.807) is 13.0 Å². The summed E-state index contributed by atoms with van der Waals surface area (Å²) in [6.07, 6.45) is 2.12. The first kappa shape index (κ1) is 18.4. The summed E-state index contributed by atoms with van der Waals surface area (Å²) in [6.45, 7) is 1.77. The lowest BCUT2D eigenvalue weighted by Gasteiger charge is -2.30. The van der Waals surface area contributed by atoms with E-state index in [4.69, 9.17) is 17.3 Å². The van der Waals surface area contributed by atoms with Crippen molar-refractivity contribution in [1.29, 1.82) is 0 Å². The van der Waals surface area contributed by atoms with Gasteiger partial charge in [0.05, 0.1) is 10.6 Å². The Morgan fingerprint density at radius 2 is 2.19 bits per heavy atom. The largest absolute Gasteiger partial charge is 0.379 e. The Labute approximate surface area is 164 Å². The van der Waals surface area contributed by atoms with Gasteiger partial charge < -0.3 is 5.73 Å². The molecule has 1 aromatic heterocycles. The van der Waals surface area contributed by atoms with E-state index in [0.717, 1.165) is 12.5 Å². The van der Waals surface area contributed by atoms with E-state index in [9.17, 15) is 13.6 Å². The number of Topliss-reactive ketones (excluding diaryl/α,β-unsaturated/α-hetero) is 1. The van der Waals surface area contributed by atoms with E-state index >= 15 is 0 Å². The normalized spacial score (nSPS) is 26.3. The molecule has 1 aliphatic heterocycles. The van der Waals surface area contributed by atoms with Crippen molar-refractivity contribution in [1.82, 2.24) is 4.98 Å². The molecular weight excluding hydrogens is 392 g/mol. The summed E-state index contributed by atoms with van der Waals surface area (Å²) in [4.78, 5) is 20.9. The molecule has 2 aromatic rings. The molecule has 0 radical (unpaired) electrons. The van der Waals surface area contributed by atoms with Crippen molar-refractivity contribution in [3.05, 3.63) is 63.9 Å². The summed E-state index contributed by atoms with van der Waals surface area (Å²) < 4.78 is 28.9. The van der Waals surface area contributed by atoms with Gasteiger partial charge in [-0.2, -0.15) is 0 Å². The minimum absolute atomic E-state index is 0.100. The maximum absolute atomic E-state index is 14.6. The summed E-state index contributed by atoms with van der Waals surface area (Å²) in [6, 6.07) is 5.63. The summed E-state index contributed by atoms with van der Waals surface area (Å²) in [7, 11) is 0. The predicted molar refractivity (Wildman–Crippen MR) is 102 cm³/mol. The summed E-state index contributed by atoms with van der Waals surface area (Å²) in [5, 5.41) is 1.07. The Hall–Kier alpha value is -1.99. The van der Waals surface area contributed by atoms with Gasteiger partial charge in [0.1, 0.15) is 5.69 Å². The highest BCUT2D eigenvalue weighted by Crippen LogP contribution is 2.57. The van der Waals surface area contributed by atoms with E-state index < -0.39 is 17.2 Å². The number of nitrogens with zero attached hydrogens (tertiary/aromatic N) is 2. The number of pyridine rings is 1. The fourth-order valence-electron chi connectivity index (χ4n) is 3.58. The zero-order valence-corrected chi connectivity index (χ0v) is 16.0. The number of rotatable bonds is 4. The molecule has 4 rings (SSSR count). The molecule has 4 nitrogen and oxygen atoms in total. The van der Waals surface area contributed by atoms with Gasteiger partial charge in [-0.05, 0) is 43.2 Å². The van der Waals surface area contributed by atoms with Gasteiger partial charge in [0.15, 0.2) is 22.6 Å². The number of ketones is 1. The van der Waals surface area contributed by atoms with Crippen molar-refractivity contribution in [2.75, 3.05) is 0 Å². The number of hydrogen-bond acceptors (Lipinski definition) is 5. The molecular formula is C19H16ClF2N3OS. The molecule has 0 saturated heterocycles. The van der Waals surface area contributed by atoms with Gasteiger partial charge in [-0.1, -0.05) is 23.4 Å². The van der Waals surface area contributed by atoms with Crippen LogP contribution in [-0.2, 0) is 12.0 Å². The third kappa shape index (κ3) is 3.34. The molecule has 3 atom stereocenters. The third-order valence-corrected chi connectivity index (χ3v) is 6.46. The van der Waals surface area contributed by atoms with Crippen LogP contribution in [0.3, 0.4) is 0 Å². The minimum atomic E-state index is -0.996. The Kier molecular flexibility index (Phi) is 4.47. The highest BCUT2D eigenvalue weighted by molar-refractivity contribution is 8.14. The average Bonchev–Trinajstić information content (AvgIpc) is 3.38. The maximum atomic E-state index is 14.6. The van der Waals surface area contributed by atoms with Crippen LogP contribution in [0.1, 0.15) is 35.0 Å².